The summed E-state index contributed by atoms with van der Waals surface area (Å²) in [7, 11) is 1.34. The first kappa shape index (κ1) is 10.7. The topological polar surface area (TPSA) is 67.9 Å². The zero-order valence-corrected chi connectivity index (χ0v) is 8.70. The molecule has 0 aliphatic heterocycles. The lowest BCUT2D eigenvalue weighted by Crippen LogP contribution is -2.06. The molecular weight excluding hydrogens is 182 g/mol. The lowest BCUT2D eigenvalue weighted by atomic mass is 10.1. The van der Waals surface area contributed by atoms with Gasteiger partial charge in [-0.1, -0.05) is 13.8 Å². The van der Waals surface area contributed by atoms with Crippen molar-refractivity contribution in [3.05, 3.63) is 11.4 Å². The van der Waals surface area contributed by atoms with Crippen LogP contribution in [0.5, 0.6) is 0 Å². The Morgan fingerprint density at radius 3 is 2.79 bits per heavy atom. The number of carbonyl (C=O) groups excluding carboxylic acids is 1. The van der Waals surface area contributed by atoms with Crippen LogP contribution in [0.2, 0.25) is 0 Å². The molecule has 0 unspecified atom stereocenters. The Hall–Kier alpha value is -1.39. The first-order chi connectivity index (χ1) is 6.65. The van der Waals surface area contributed by atoms with Gasteiger partial charge >= 0.3 is 5.97 Å². The Labute approximate surface area is 82.8 Å². The maximum absolute atomic E-state index is 11.2. The van der Waals surface area contributed by atoms with Crippen molar-refractivity contribution in [2.45, 2.75) is 26.7 Å². The van der Waals surface area contributed by atoms with Gasteiger partial charge in [0.2, 0.25) is 0 Å². The molecule has 5 nitrogen and oxygen atoms in total. The zero-order valence-electron chi connectivity index (χ0n) is 8.70. The quantitative estimate of drug-likeness (QED) is 0.736. The van der Waals surface area contributed by atoms with E-state index in [2.05, 4.69) is 34.0 Å². The summed E-state index contributed by atoms with van der Waals surface area (Å²) >= 11 is 0. The second-order valence-electron chi connectivity index (χ2n) is 3.54. The molecule has 0 bridgehead atoms. The maximum atomic E-state index is 11.2. The summed E-state index contributed by atoms with van der Waals surface area (Å²) in [5.41, 5.74) is 0.985. The number of carbonyl (C=O) groups is 1. The SMILES string of the molecule is COC(=O)c1n[nH]nc1CCC(C)C. The number of esters is 1. The van der Waals surface area contributed by atoms with Crippen LogP contribution in [0.4, 0.5) is 0 Å². The minimum absolute atomic E-state index is 0.299. The van der Waals surface area contributed by atoms with E-state index in [4.69, 9.17) is 0 Å². The van der Waals surface area contributed by atoms with Crippen LogP contribution in [0.1, 0.15) is 36.5 Å². The average Bonchev–Trinajstić information content (AvgIpc) is 2.61. The minimum Gasteiger partial charge on any atom is -0.464 e. The molecule has 1 N–H and O–H groups in total. The molecule has 0 aromatic carbocycles. The molecule has 0 aliphatic carbocycles. The van der Waals surface area contributed by atoms with Crippen molar-refractivity contribution in [2.75, 3.05) is 7.11 Å². The van der Waals surface area contributed by atoms with E-state index >= 15 is 0 Å². The molecule has 14 heavy (non-hydrogen) atoms. The van der Waals surface area contributed by atoms with Gasteiger partial charge in [0.05, 0.1) is 12.8 Å². The molecule has 0 radical (unpaired) electrons. The van der Waals surface area contributed by atoms with Crippen molar-refractivity contribution in [2.24, 2.45) is 5.92 Å². The Bertz CT molecular complexity index is 307. The predicted molar refractivity (Wildman–Crippen MR) is 50.9 cm³/mol. The summed E-state index contributed by atoms with van der Waals surface area (Å²) in [6.45, 7) is 4.25. The largest absolute Gasteiger partial charge is 0.464 e. The van der Waals surface area contributed by atoms with Gasteiger partial charge in [0, 0.05) is 0 Å². The fourth-order valence-corrected chi connectivity index (χ4v) is 1.11. The second-order valence-corrected chi connectivity index (χ2v) is 3.54. The highest BCUT2D eigenvalue weighted by molar-refractivity contribution is 5.88. The van der Waals surface area contributed by atoms with Crippen molar-refractivity contribution < 1.29 is 9.53 Å². The number of nitrogens with zero attached hydrogens (tertiary/aromatic N) is 2. The van der Waals surface area contributed by atoms with Crippen LogP contribution in [0.25, 0.3) is 0 Å². The number of ether oxygens (including phenoxy) is 1. The Morgan fingerprint density at radius 2 is 2.21 bits per heavy atom. The van der Waals surface area contributed by atoms with Crippen LogP contribution in [0.15, 0.2) is 0 Å². The fourth-order valence-electron chi connectivity index (χ4n) is 1.11. The van der Waals surface area contributed by atoms with E-state index in [-0.39, 0.29) is 0 Å². The molecule has 1 heterocycles. The van der Waals surface area contributed by atoms with Crippen molar-refractivity contribution in [3.8, 4) is 0 Å². The van der Waals surface area contributed by atoms with Crippen LogP contribution in [0, 0.1) is 5.92 Å². The van der Waals surface area contributed by atoms with Crippen molar-refractivity contribution in [3.63, 3.8) is 0 Å². The number of H-pyrrole nitrogens is 1. The Balaban J connectivity index is 2.67. The van der Waals surface area contributed by atoms with E-state index in [0.29, 0.717) is 17.3 Å². The van der Waals surface area contributed by atoms with Gasteiger partial charge in [0.25, 0.3) is 0 Å². The summed E-state index contributed by atoms with van der Waals surface area (Å²) in [4.78, 5) is 11.2. The van der Waals surface area contributed by atoms with Crippen molar-refractivity contribution in [1.29, 1.82) is 0 Å². The third-order valence-electron chi connectivity index (χ3n) is 1.96. The van der Waals surface area contributed by atoms with Gasteiger partial charge in [0.15, 0.2) is 5.69 Å². The van der Waals surface area contributed by atoms with Crippen LogP contribution >= 0.6 is 0 Å². The molecule has 78 valence electrons. The van der Waals surface area contributed by atoms with E-state index in [1.807, 2.05) is 0 Å². The van der Waals surface area contributed by atoms with Gasteiger partial charge in [0.1, 0.15) is 0 Å². The highest BCUT2D eigenvalue weighted by atomic mass is 16.5. The minimum atomic E-state index is -0.433. The predicted octanol–water partition coefficient (Wildman–Crippen LogP) is 1.18. The smallest absolute Gasteiger partial charge is 0.360 e. The van der Waals surface area contributed by atoms with Gasteiger partial charge in [-0.15, -0.1) is 5.10 Å². The van der Waals surface area contributed by atoms with Gasteiger partial charge in [-0.2, -0.15) is 10.3 Å². The first-order valence-electron chi connectivity index (χ1n) is 4.63. The molecule has 0 aliphatic rings. The number of aromatic amines is 1. The number of rotatable bonds is 4. The number of hydrogen-bond donors (Lipinski definition) is 1. The first-order valence-corrected chi connectivity index (χ1v) is 4.63. The Kier molecular flexibility index (Phi) is 3.62. The van der Waals surface area contributed by atoms with Gasteiger partial charge < -0.3 is 4.74 Å². The molecule has 0 amide bonds. The summed E-state index contributed by atoms with van der Waals surface area (Å²) < 4.78 is 4.58. The number of hydrogen-bond acceptors (Lipinski definition) is 4. The van der Waals surface area contributed by atoms with Gasteiger partial charge in [-0.05, 0) is 18.8 Å². The third kappa shape index (κ3) is 2.55. The number of aryl methyl sites for hydroxylation is 1. The monoisotopic (exact) mass is 197 g/mol. The number of aromatic nitrogens is 3. The highest BCUT2D eigenvalue weighted by Crippen LogP contribution is 2.09. The maximum Gasteiger partial charge on any atom is 0.360 e. The van der Waals surface area contributed by atoms with E-state index in [1.54, 1.807) is 0 Å². The summed E-state index contributed by atoms with van der Waals surface area (Å²) in [5, 5.41) is 10.1. The molecule has 1 aromatic heterocycles. The van der Waals surface area contributed by atoms with E-state index in [1.165, 1.54) is 7.11 Å². The summed E-state index contributed by atoms with van der Waals surface area (Å²) in [6, 6.07) is 0. The molecular formula is C9H15N3O2. The molecule has 0 atom stereocenters. The zero-order chi connectivity index (χ0) is 10.6. The Morgan fingerprint density at radius 1 is 1.50 bits per heavy atom. The van der Waals surface area contributed by atoms with Crippen LogP contribution in [0.3, 0.4) is 0 Å². The number of nitrogens with one attached hydrogen (secondary N) is 1. The third-order valence-corrected chi connectivity index (χ3v) is 1.96. The van der Waals surface area contributed by atoms with Gasteiger partial charge in [-0.25, -0.2) is 4.79 Å². The molecule has 1 aromatic rings. The van der Waals surface area contributed by atoms with Crippen LogP contribution < -0.4 is 0 Å². The highest BCUT2D eigenvalue weighted by Gasteiger charge is 2.16. The molecule has 0 spiro atoms. The van der Waals surface area contributed by atoms with Crippen molar-refractivity contribution in [1.82, 2.24) is 15.4 Å². The fraction of sp³-hybridized carbons (Fsp3) is 0.667. The molecule has 5 heteroatoms. The molecule has 0 fully saturated rings. The molecule has 1 rings (SSSR count). The van der Waals surface area contributed by atoms with Gasteiger partial charge in [-0.3, -0.25) is 0 Å². The van der Waals surface area contributed by atoms with E-state index in [9.17, 15) is 4.79 Å². The number of methoxy groups -OCH3 is 1. The second kappa shape index (κ2) is 4.74. The lowest BCUT2D eigenvalue weighted by Gasteiger charge is -2.02. The average molecular weight is 197 g/mol. The standard InChI is InChI=1S/C9H15N3O2/c1-6(2)4-5-7-8(9(13)14-3)11-12-10-7/h6H,4-5H2,1-3H3,(H,10,11,12). The summed E-state index contributed by atoms with van der Waals surface area (Å²) in [6.07, 6.45) is 1.73. The molecule has 0 saturated carbocycles. The van der Waals surface area contributed by atoms with Crippen LogP contribution in [-0.2, 0) is 11.2 Å². The van der Waals surface area contributed by atoms with E-state index in [0.717, 1.165) is 12.8 Å². The molecule has 0 saturated heterocycles. The van der Waals surface area contributed by atoms with Crippen LogP contribution in [-0.4, -0.2) is 28.5 Å². The van der Waals surface area contributed by atoms with E-state index < -0.39 is 5.97 Å². The summed E-state index contributed by atoms with van der Waals surface area (Å²) in [5.74, 6) is 0.148. The van der Waals surface area contributed by atoms with Crippen molar-refractivity contribution >= 4 is 5.97 Å². The lowest BCUT2D eigenvalue weighted by molar-refractivity contribution is 0.0592. The normalized spacial score (nSPS) is 10.6.